The first kappa shape index (κ1) is 20.1. The van der Waals surface area contributed by atoms with E-state index in [1.54, 1.807) is 13.2 Å². The molecule has 7 nitrogen and oxygen atoms in total. The normalized spacial score (nSPS) is 23.2. The molecule has 0 saturated carbocycles. The van der Waals surface area contributed by atoms with Crippen molar-refractivity contribution in [2.24, 2.45) is 0 Å². The largest absolute Gasteiger partial charge is 0.497 e. The minimum absolute atomic E-state index is 0.0517. The fourth-order valence-electron chi connectivity index (χ4n) is 4.42. The van der Waals surface area contributed by atoms with E-state index >= 15 is 0 Å². The summed E-state index contributed by atoms with van der Waals surface area (Å²) in [6.07, 6.45) is 2.33. The van der Waals surface area contributed by atoms with Crippen LogP contribution in [0.15, 0.2) is 36.1 Å². The minimum Gasteiger partial charge on any atom is -0.497 e. The summed E-state index contributed by atoms with van der Waals surface area (Å²) in [6.45, 7) is 2.76. The van der Waals surface area contributed by atoms with Gasteiger partial charge in [-0.3, -0.25) is 9.69 Å². The quantitative estimate of drug-likeness (QED) is 0.678. The minimum atomic E-state index is -2.98. The molecule has 0 N–H and O–H groups in total. The van der Waals surface area contributed by atoms with E-state index in [1.165, 1.54) is 0 Å². The van der Waals surface area contributed by atoms with Crippen molar-refractivity contribution in [2.45, 2.75) is 25.9 Å². The summed E-state index contributed by atoms with van der Waals surface area (Å²) in [5.41, 5.74) is 3.02. The average Bonchev–Trinajstić information content (AvgIpc) is 3.28. The van der Waals surface area contributed by atoms with Gasteiger partial charge in [0.25, 0.3) is 0 Å². The molecule has 2 aromatic rings. The average molecular weight is 442 g/mol. The second kappa shape index (κ2) is 7.39. The Hall–Kier alpha value is -2.84. The van der Waals surface area contributed by atoms with Gasteiger partial charge < -0.3 is 14.2 Å². The lowest BCUT2D eigenvalue weighted by molar-refractivity contribution is 0.0637. The summed E-state index contributed by atoms with van der Waals surface area (Å²) in [7, 11) is -1.37. The molecule has 1 atom stereocenters. The van der Waals surface area contributed by atoms with E-state index < -0.39 is 9.84 Å². The smallest absolute Gasteiger partial charge is 0.231 e. The van der Waals surface area contributed by atoms with Crippen molar-refractivity contribution >= 4 is 21.7 Å². The van der Waals surface area contributed by atoms with Gasteiger partial charge in [0.15, 0.2) is 15.6 Å². The van der Waals surface area contributed by atoms with Gasteiger partial charge >= 0.3 is 0 Å². The molecule has 1 saturated heterocycles. The molecule has 3 aliphatic rings. The lowest BCUT2D eigenvalue weighted by Crippen LogP contribution is -2.41. The Labute approximate surface area is 181 Å². The number of rotatable bonds is 3. The first-order chi connectivity index (χ1) is 14.8. The monoisotopic (exact) mass is 441 g/mol. The predicted molar refractivity (Wildman–Crippen MR) is 115 cm³/mol. The molecule has 5 rings (SSSR count). The maximum absolute atomic E-state index is 13.0. The van der Waals surface area contributed by atoms with E-state index in [9.17, 15) is 13.2 Å². The van der Waals surface area contributed by atoms with Gasteiger partial charge in [-0.25, -0.2) is 8.42 Å². The molecule has 0 radical (unpaired) electrons. The van der Waals surface area contributed by atoms with Crippen LogP contribution in [0, 0.1) is 6.92 Å². The number of allylic oxidation sites excluding steroid dienone is 1. The standard InChI is InChI=1S/C23H23NO6S/c1-14-22-16(11-24(13-29-22)17-7-8-31(26,27)12-17)10-19-21(25)20(30-23(14)19)9-15-3-5-18(28-2)6-4-15/h3-6,9-10,17H,7-8,11-13H2,1-2H3/b20-9-/t17-/m1/s1. The van der Waals surface area contributed by atoms with Gasteiger partial charge in [0.05, 0.1) is 24.2 Å². The highest BCUT2D eigenvalue weighted by Crippen LogP contribution is 2.43. The maximum Gasteiger partial charge on any atom is 0.231 e. The zero-order valence-corrected chi connectivity index (χ0v) is 18.2. The first-order valence-electron chi connectivity index (χ1n) is 10.2. The van der Waals surface area contributed by atoms with Crippen LogP contribution >= 0.6 is 0 Å². The van der Waals surface area contributed by atoms with E-state index in [4.69, 9.17) is 14.2 Å². The fraction of sp³-hybridized carbons (Fsp3) is 0.348. The van der Waals surface area contributed by atoms with Crippen LogP contribution in [0.5, 0.6) is 17.2 Å². The Morgan fingerprint density at radius 1 is 1.19 bits per heavy atom. The van der Waals surface area contributed by atoms with Gasteiger partial charge in [0, 0.05) is 23.7 Å². The molecule has 2 aromatic carbocycles. The van der Waals surface area contributed by atoms with Gasteiger partial charge in [0.2, 0.25) is 5.78 Å². The molecular formula is C23H23NO6S. The summed E-state index contributed by atoms with van der Waals surface area (Å²) in [4.78, 5) is 15.1. The lowest BCUT2D eigenvalue weighted by atomic mass is 9.99. The van der Waals surface area contributed by atoms with E-state index in [-0.39, 0.29) is 29.1 Å². The van der Waals surface area contributed by atoms with Gasteiger partial charge in [0.1, 0.15) is 24.0 Å². The van der Waals surface area contributed by atoms with E-state index in [1.807, 2.05) is 42.2 Å². The van der Waals surface area contributed by atoms with Crippen molar-refractivity contribution in [3.05, 3.63) is 58.3 Å². The number of Topliss-reactive ketones (excluding diaryl/α,β-unsaturated/α-hetero) is 1. The van der Waals surface area contributed by atoms with Crippen LogP contribution in [0.3, 0.4) is 0 Å². The highest BCUT2D eigenvalue weighted by atomic mass is 32.2. The Bertz CT molecular complexity index is 1200. The van der Waals surface area contributed by atoms with E-state index in [0.29, 0.717) is 36.8 Å². The van der Waals surface area contributed by atoms with Crippen molar-refractivity contribution < 1.29 is 27.4 Å². The molecule has 0 aromatic heterocycles. The van der Waals surface area contributed by atoms with Crippen molar-refractivity contribution in [3.63, 3.8) is 0 Å². The van der Waals surface area contributed by atoms with Gasteiger partial charge in [-0.1, -0.05) is 12.1 Å². The van der Waals surface area contributed by atoms with Crippen molar-refractivity contribution in [3.8, 4) is 17.2 Å². The van der Waals surface area contributed by atoms with Crippen LogP contribution in [0.4, 0.5) is 0 Å². The molecule has 0 spiro atoms. The molecule has 0 aliphatic carbocycles. The number of nitrogens with zero attached hydrogens (tertiary/aromatic N) is 1. The Kier molecular flexibility index (Phi) is 4.79. The molecule has 8 heteroatoms. The number of carbonyl (C=O) groups is 1. The SMILES string of the molecule is COc1ccc(/C=C2\Oc3c(cc4c(c3C)OCN([C@@H]3CCS(=O)(=O)C3)C4)C2=O)cc1. The van der Waals surface area contributed by atoms with E-state index in [2.05, 4.69) is 0 Å². The van der Waals surface area contributed by atoms with Crippen LogP contribution in [0.1, 0.15) is 33.5 Å². The Balaban J connectivity index is 1.43. The predicted octanol–water partition coefficient (Wildman–Crippen LogP) is 2.96. The van der Waals surface area contributed by atoms with Crippen LogP contribution < -0.4 is 14.2 Å². The number of sulfone groups is 1. The van der Waals surface area contributed by atoms with Gasteiger partial charge in [-0.2, -0.15) is 0 Å². The van der Waals surface area contributed by atoms with Crippen molar-refractivity contribution in [1.29, 1.82) is 0 Å². The van der Waals surface area contributed by atoms with Crippen molar-refractivity contribution in [2.75, 3.05) is 25.3 Å². The molecular weight excluding hydrogens is 418 g/mol. The Morgan fingerprint density at radius 3 is 2.65 bits per heavy atom. The molecule has 0 unspecified atom stereocenters. The number of carbonyl (C=O) groups excluding carboxylic acids is 1. The third-order valence-corrected chi connectivity index (χ3v) is 7.85. The summed E-state index contributed by atoms with van der Waals surface area (Å²) in [5, 5.41) is 0. The summed E-state index contributed by atoms with van der Waals surface area (Å²) in [5.74, 6) is 2.46. The maximum atomic E-state index is 13.0. The zero-order valence-electron chi connectivity index (χ0n) is 17.4. The third kappa shape index (κ3) is 3.59. The Morgan fingerprint density at radius 2 is 1.97 bits per heavy atom. The van der Waals surface area contributed by atoms with Crippen LogP contribution in [0.2, 0.25) is 0 Å². The molecule has 0 amide bonds. The summed E-state index contributed by atoms with van der Waals surface area (Å²) < 4.78 is 40.8. The number of fused-ring (bicyclic) bond motifs is 2. The molecule has 1 fully saturated rings. The number of hydrogen-bond acceptors (Lipinski definition) is 7. The molecule has 3 heterocycles. The highest BCUT2D eigenvalue weighted by molar-refractivity contribution is 7.91. The lowest BCUT2D eigenvalue weighted by Gasteiger charge is -2.33. The molecule has 0 bridgehead atoms. The third-order valence-electron chi connectivity index (χ3n) is 6.10. The van der Waals surface area contributed by atoms with Crippen LogP contribution in [0.25, 0.3) is 6.08 Å². The van der Waals surface area contributed by atoms with Gasteiger partial charge in [-0.05, 0) is 43.2 Å². The van der Waals surface area contributed by atoms with E-state index in [0.717, 1.165) is 22.4 Å². The number of methoxy groups -OCH3 is 1. The second-order valence-corrected chi connectivity index (χ2v) is 10.4. The fourth-order valence-corrected chi connectivity index (χ4v) is 6.18. The molecule has 3 aliphatic heterocycles. The number of hydrogen-bond donors (Lipinski definition) is 0. The summed E-state index contributed by atoms with van der Waals surface area (Å²) in [6, 6.07) is 9.15. The zero-order chi connectivity index (χ0) is 21.8. The first-order valence-corrected chi connectivity index (χ1v) is 12.0. The number of ketones is 1. The number of benzene rings is 2. The van der Waals surface area contributed by atoms with Crippen LogP contribution in [-0.2, 0) is 16.4 Å². The topological polar surface area (TPSA) is 82.1 Å². The second-order valence-electron chi connectivity index (χ2n) is 8.16. The molecule has 162 valence electrons. The van der Waals surface area contributed by atoms with Gasteiger partial charge in [-0.15, -0.1) is 0 Å². The number of ether oxygens (including phenoxy) is 3. The summed E-state index contributed by atoms with van der Waals surface area (Å²) >= 11 is 0. The van der Waals surface area contributed by atoms with Crippen LogP contribution in [-0.4, -0.2) is 50.5 Å². The highest BCUT2D eigenvalue weighted by Gasteiger charge is 2.37. The molecule has 31 heavy (non-hydrogen) atoms. The van der Waals surface area contributed by atoms with Crippen molar-refractivity contribution in [1.82, 2.24) is 4.90 Å².